The molecule has 1 amide bonds. The van der Waals surface area contributed by atoms with Crippen molar-refractivity contribution in [1.82, 2.24) is 15.1 Å². The zero-order valence-corrected chi connectivity index (χ0v) is 14.7. The predicted molar refractivity (Wildman–Crippen MR) is 103 cm³/mol. The molecular weight excluding hydrogens is 326 g/mol. The SMILES string of the molecule is Cc1ccc(C(=O)N2CCN(c3ccc4c(N)nncc4c3)CC2)cc1. The first-order valence-electron chi connectivity index (χ1n) is 8.73. The minimum absolute atomic E-state index is 0.103. The van der Waals surface area contributed by atoms with Gasteiger partial charge in [-0.05, 0) is 37.3 Å². The predicted octanol–water partition coefficient (Wildman–Crippen LogP) is 2.48. The molecule has 1 aliphatic heterocycles. The van der Waals surface area contributed by atoms with E-state index < -0.39 is 0 Å². The van der Waals surface area contributed by atoms with E-state index in [9.17, 15) is 4.79 Å². The number of aromatic nitrogens is 2. The minimum atomic E-state index is 0.103. The Morgan fingerprint density at radius 3 is 2.50 bits per heavy atom. The Balaban J connectivity index is 1.46. The maximum Gasteiger partial charge on any atom is 0.253 e. The number of nitrogen functional groups attached to an aromatic ring is 1. The second-order valence-corrected chi connectivity index (χ2v) is 6.65. The second kappa shape index (κ2) is 6.63. The van der Waals surface area contributed by atoms with Gasteiger partial charge in [-0.3, -0.25) is 4.79 Å². The third-order valence-electron chi connectivity index (χ3n) is 4.90. The van der Waals surface area contributed by atoms with Crippen LogP contribution in [-0.2, 0) is 0 Å². The molecule has 2 heterocycles. The molecule has 3 aromatic rings. The molecule has 4 rings (SSSR count). The number of aryl methyl sites for hydroxylation is 1. The summed E-state index contributed by atoms with van der Waals surface area (Å²) >= 11 is 0. The van der Waals surface area contributed by atoms with Crippen LogP contribution in [0.1, 0.15) is 15.9 Å². The van der Waals surface area contributed by atoms with Gasteiger partial charge >= 0.3 is 0 Å². The van der Waals surface area contributed by atoms with Gasteiger partial charge in [-0.2, -0.15) is 5.10 Å². The molecule has 0 aliphatic carbocycles. The van der Waals surface area contributed by atoms with Gasteiger partial charge in [-0.1, -0.05) is 17.7 Å². The van der Waals surface area contributed by atoms with Gasteiger partial charge in [0.05, 0.1) is 6.20 Å². The van der Waals surface area contributed by atoms with Crippen molar-refractivity contribution in [1.29, 1.82) is 0 Å². The molecule has 2 N–H and O–H groups in total. The van der Waals surface area contributed by atoms with Gasteiger partial charge in [0.25, 0.3) is 5.91 Å². The maximum atomic E-state index is 12.6. The van der Waals surface area contributed by atoms with Gasteiger partial charge in [0, 0.05) is 48.2 Å². The van der Waals surface area contributed by atoms with E-state index in [0.29, 0.717) is 18.9 Å². The molecule has 1 saturated heterocycles. The van der Waals surface area contributed by atoms with E-state index >= 15 is 0 Å². The van der Waals surface area contributed by atoms with E-state index in [1.807, 2.05) is 42.2 Å². The van der Waals surface area contributed by atoms with E-state index in [1.165, 1.54) is 0 Å². The lowest BCUT2D eigenvalue weighted by molar-refractivity contribution is 0.0747. The van der Waals surface area contributed by atoms with Gasteiger partial charge in [-0.15, -0.1) is 5.10 Å². The lowest BCUT2D eigenvalue weighted by Crippen LogP contribution is -2.48. The zero-order valence-electron chi connectivity index (χ0n) is 14.7. The average Bonchev–Trinajstić information content (AvgIpc) is 2.68. The van der Waals surface area contributed by atoms with Crippen LogP contribution in [0.15, 0.2) is 48.7 Å². The van der Waals surface area contributed by atoms with Crippen LogP contribution in [0.2, 0.25) is 0 Å². The Morgan fingerprint density at radius 1 is 1.04 bits per heavy atom. The van der Waals surface area contributed by atoms with Crippen molar-refractivity contribution in [3.63, 3.8) is 0 Å². The summed E-state index contributed by atoms with van der Waals surface area (Å²) < 4.78 is 0. The number of nitrogens with two attached hydrogens (primary N) is 1. The van der Waals surface area contributed by atoms with Crippen LogP contribution >= 0.6 is 0 Å². The first-order chi connectivity index (χ1) is 12.6. The number of carbonyl (C=O) groups excluding carboxylic acids is 1. The van der Waals surface area contributed by atoms with Gasteiger partial charge in [0.1, 0.15) is 0 Å². The molecule has 26 heavy (non-hydrogen) atoms. The fraction of sp³-hybridized carbons (Fsp3) is 0.250. The molecule has 0 saturated carbocycles. The highest BCUT2D eigenvalue weighted by atomic mass is 16.2. The monoisotopic (exact) mass is 347 g/mol. The number of nitrogens with zero attached hydrogens (tertiary/aromatic N) is 4. The first kappa shape index (κ1) is 16.3. The minimum Gasteiger partial charge on any atom is -0.382 e. The van der Waals surface area contributed by atoms with Crippen LogP contribution in [0.4, 0.5) is 11.5 Å². The number of benzene rings is 2. The highest BCUT2D eigenvalue weighted by Gasteiger charge is 2.22. The molecule has 6 heteroatoms. The Labute approximate surface area is 152 Å². The van der Waals surface area contributed by atoms with Gasteiger partial charge < -0.3 is 15.5 Å². The fourth-order valence-corrected chi connectivity index (χ4v) is 3.34. The van der Waals surface area contributed by atoms with Gasteiger partial charge in [-0.25, -0.2) is 0 Å². The Bertz CT molecular complexity index is 946. The Hall–Kier alpha value is -3.15. The van der Waals surface area contributed by atoms with Crippen LogP contribution in [-0.4, -0.2) is 47.2 Å². The molecule has 0 bridgehead atoms. The molecule has 2 aromatic carbocycles. The van der Waals surface area contributed by atoms with Gasteiger partial charge in [0.15, 0.2) is 5.82 Å². The third kappa shape index (κ3) is 3.06. The third-order valence-corrected chi connectivity index (χ3v) is 4.90. The van der Waals surface area contributed by atoms with Crippen molar-refractivity contribution in [2.24, 2.45) is 0 Å². The lowest BCUT2D eigenvalue weighted by atomic mass is 10.1. The van der Waals surface area contributed by atoms with E-state index in [-0.39, 0.29) is 5.91 Å². The molecule has 0 unspecified atom stereocenters. The summed E-state index contributed by atoms with van der Waals surface area (Å²) in [5.41, 5.74) is 8.90. The number of hydrogen-bond donors (Lipinski definition) is 1. The Kier molecular flexibility index (Phi) is 4.16. The van der Waals surface area contributed by atoms with Crippen LogP contribution in [0.25, 0.3) is 10.8 Å². The van der Waals surface area contributed by atoms with Crippen molar-refractivity contribution < 1.29 is 4.79 Å². The summed E-state index contributed by atoms with van der Waals surface area (Å²) in [4.78, 5) is 16.9. The number of hydrogen-bond acceptors (Lipinski definition) is 5. The number of carbonyl (C=O) groups is 1. The first-order valence-corrected chi connectivity index (χ1v) is 8.73. The fourth-order valence-electron chi connectivity index (χ4n) is 3.34. The average molecular weight is 347 g/mol. The van der Waals surface area contributed by atoms with E-state index in [1.54, 1.807) is 6.20 Å². The van der Waals surface area contributed by atoms with Crippen molar-refractivity contribution in [2.45, 2.75) is 6.92 Å². The Morgan fingerprint density at radius 2 is 1.77 bits per heavy atom. The molecule has 1 fully saturated rings. The molecule has 132 valence electrons. The van der Waals surface area contributed by atoms with Crippen LogP contribution in [0, 0.1) is 6.92 Å². The lowest BCUT2D eigenvalue weighted by Gasteiger charge is -2.36. The number of amides is 1. The van der Waals surface area contributed by atoms with E-state index in [0.717, 1.165) is 40.7 Å². The zero-order chi connectivity index (χ0) is 18.1. The van der Waals surface area contributed by atoms with Crippen molar-refractivity contribution in [3.05, 3.63) is 59.8 Å². The molecule has 1 aliphatic rings. The van der Waals surface area contributed by atoms with E-state index in [2.05, 4.69) is 27.2 Å². The highest BCUT2D eigenvalue weighted by molar-refractivity contribution is 5.94. The molecular formula is C20H21N5O. The van der Waals surface area contributed by atoms with Crippen molar-refractivity contribution in [3.8, 4) is 0 Å². The summed E-state index contributed by atoms with van der Waals surface area (Å²) in [6.45, 7) is 5.05. The van der Waals surface area contributed by atoms with E-state index in [4.69, 9.17) is 5.73 Å². The summed E-state index contributed by atoms with van der Waals surface area (Å²) in [7, 11) is 0. The summed E-state index contributed by atoms with van der Waals surface area (Å²) in [5.74, 6) is 0.550. The topological polar surface area (TPSA) is 75.4 Å². The van der Waals surface area contributed by atoms with Crippen LogP contribution in [0.5, 0.6) is 0 Å². The molecule has 6 nitrogen and oxygen atoms in total. The summed E-state index contributed by atoms with van der Waals surface area (Å²) in [6, 6.07) is 13.9. The number of fused-ring (bicyclic) bond motifs is 1. The van der Waals surface area contributed by atoms with Gasteiger partial charge in [0.2, 0.25) is 0 Å². The second-order valence-electron chi connectivity index (χ2n) is 6.65. The number of rotatable bonds is 2. The van der Waals surface area contributed by atoms with Crippen LogP contribution in [0.3, 0.4) is 0 Å². The smallest absolute Gasteiger partial charge is 0.253 e. The largest absolute Gasteiger partial charge is 0.382 e. The summed E-state index contributed by atoms with van der Waals surface area (Å²) in [6.07, 6.45) is 1.73. The quantitative estimate of drug-likeness (QED) is 0.771. The highest BCUT2D eigenvalue weighted by Crippen LogP contribution is 2.25. The van der Waals surface area contributed by atoms with Crippen LogP contribution < -0.4 is 10.6 Å². The van der Waals surface area contributed by atoms with Crippen molar-refractivity contribution >= 4 is 28.2 Å². The number of anilines is 2. The number of piperazine rings is 1. The molecule has 0 radical (unpaired) electrons. The van der Waals surface area contributed by atoms with Crippen molar-refractivity contribution in [2.75, 3.05) is 36.8 Å². The summed E-state index contributed by atoms with van der Waals surface area (Å²) in [5, 5.41) is 9.70. The molecule has 0 atom stereocenters. The normalized spacial score (nSPS) is 14.7. The maximum absolute atomic E-state index is 12.6. The standard InChI is InChI=1S/C20H21N5O/c1-14-2-4-15(5-3-14)20(26)25-10-8-24(9-11-25)17-6-7-18-16(12-17)13-22-23-19(18)21/h2-7,12-13H,8-11H2,1H3,(H2,21,23). The molecule has 1 aromatic heterocycles. The molecule has 0 spiro atoms.